The number of halogens is 1. The number of amidine groups is 1. The molecule has 2 aliphatic rings. The molecule has 1 N–H and O–H groups in total. The number of nitrogens with zero attached hydrogens (tertiary/aromatic N) is 1. The molecule has 0 saturated carbocycles. The fraction of sp³-hybridized carbons (Fsp3) is 0.533. The molecule has 132 valence electrons. The maximum absolute atomic E-state index is 12.0. The Morgan fingerprint density at radius 3 is 2.50 bits per heavy atom. The Kier molecular flexibility index (Phi) is 5.04. The fourth-order valence-electron chi connectivity index (χ4n) is 3.03. The van der Waals surface area contributed by atoms with E-state index >= 15 is 0 Å². The van der Waals surface area contributed by atoms with E-state index in [1.807, 2.05) is 26.0 Å². The van der Waals surface area contributed by atoms with E-state index in [0.29, 0.717) is 29.9 Å². The van der Waals surface area contributed by atoms with Crippen LogP contribution in [0.25, 0.3) is 0 Å². The van der Waals surface area contributed by atoms with Crippen LogP contribution < -0.4 is 14.4 Å². The maximum Gasteiger partial charge on any atom is 0.163 e. The summed E-state index contributed by atoms with van der Waals surface area (Å²) in [5, 5.41) is 8.56. The van der Waals surface area contributed by atoms with Crippen molar-refractivity contribution < 1.29 is 17.9 Å². The van der Waals surface area contributed by atoms with E-state index in [2.05, 4.69) is 15.9 Å². The van der Waals surface area contributed by atoms with E-state index in [4.69, 9.17) is 14.9 Å². The van der Waals surface area contributed by atoms with Crippen LogP contribution in [0, 0.1) is 5.41 Å². The van der Waals surface area contributed by atoms with Crippen LogP contribution in [-0.4, -0.2) is 49.6 Å². The van der Waals surface area contributed by atoms with Crippen LogP contribution in [0.4, 0.5) is 5.69 Å². The average molecular weight is 435 g/mol. The van der Waals surface area contributed by atoms with Crippen molar-refractivity contribution in [1.82, 2.24) is 0 Å². The van der Waals surface area contributed by atoms with Crippen molar-refractivity contribution in [3.63, 3.8) is 0 Å². The second-order valence-corrected chi connectivity index (χ2v) is 9.83. The smallest absolute Gasteiger partial charge is 0.163 e. The normalized spacial score (nSPS) is 25.0. The highest BCUT2D eigenvalue weighted by molar-refractivity contribution is 9.10. The second kappa shape index (κ2) is 6.76. The SMILES string of the molecule is CCOc1cc(Br)c(N2C(=N)S[C@H]3CS(=O)(=O)C[C@H]32)cc1OCC. The molecule has 2 atom stereocenters. The molecule has 1 aromatic rings. The summed E-state index contributed by atoms with van der Waals surface area (Å²) >= 11 is 4.85. The lowest BCUT2D eigenvalue weighted by Gasteiger charge is -2.26. The first-order valence-electron chi connectivity index (χ1n) is 7.70. The fourth-order valence-corrected chi connectivity index (χ4v) is 7.33. The van der Waals surface area contributed by atoms with Gasteiger partial charge < -0.3 is 14.4 Å². The molecule has 1 aromatic carbocycles. The van der Waals surface area contributed by atoms with Crippen LogP contribution in [0.1, 0.15) is 13.8 Å². The summed E-state index contributed by atoms with van der Waals surface area (Å²) in [6.07, 6.45) is 0. The maximum atomic E-state index is 12.0. The number of ether oxygens (including phenoxy) is 2. The van der Waals surface area contributed by atoms with Crippen molar-refractivity contribution in [2.45, 2.75) is 25.1 Å². The molecule has 24 heavy (non-hydrogen) atoms. The van der Waals surface area contributed by atoms with Crippen molar-refractivity contribution in [1.29, 1.82) is 5.41 Å². The summed E-state index contributed by atoms with van der Waals surface area (Å²) in [5.41, 5.74) is 0.740. The quantitative estimate of drug-likeness (QED) is 0.766. The van der Waals surface area contributed by atoms with Gasteiger partial charge in [0, 0.05) is 21.9 Å². The van der Waals surface area contributed by atoms with Crippen molar-refractivity contribution in [3.05, 3.63) is 16.6 Å². The lowest BCUT2D eigenvalue weighted by atomic mass is 10.2. The first kappa shape index (κ1) is 17.9. The molecule has 2 aliphatic heterocycles. The number of rotatable bonds is 5. The predicted octanol–water partition coefficient (Wildman–Crippen LogP) is 2.90. The Bertz CT molecular complexity index is 769. The lowest BCUT2D eigenvalue weighted by molar-refractivity contribution is 0.287. The average Bonchev–Trinajstić information content (AvgIpc) is 2.93. The van der Waals surface area contributed by atoms with E-state index in [0.717, 1.165) is 10.2 Å². The summed E-state index contributed by atoms with van der Waals surface area (Å²) in [7, 11) is -3.05. The van der Waals surface area contributed by atoms with Gasteiger partial charge in [-0.15, -0.1) is 0 Å². The van der Waals surface area contributed by atoms with Crippen LogP contribution in [0.15, 0.2) is 16.6 Å². The van der Waals surface area contributed by atoms with Crippen molar-refractivity contribution in [3.8, 4) is 11.5 Å². The zero-order valence-electron chi connectivity index (χ0n) is 13.4. The van der Waals surface area contributed by atoms with Gasteiger partial charge in [-0.05, 0) is 29.8 Å². The van der Waals surface area contributed by atoms with Crippen molar-refractivity contribution >= 4 is 48.4 Å². The number of sulfone groups is 1. The molecule has 2 saturated heterocycles. The van der Waals surface area contributed by atoms with Gasteiger partial charge in [0.05, 0.1) is 36.4 Å². The number of benzene rings is 1. The molecular formula is C15H19BrN2O4S2. The molecule has 6 nitrogen and oxygen atoms in total. The van der Waals surface area contributed by atoms with Crippen LogP contribution >= 0.6 is 27.7 Å². The summed E-state index contributed by atoms with van der Waals surface area (Å²) in [6, 6.07) is 3.43. The number of thioether (sulfide) groups is 1. The lowest BCUT2D eigenvalue weighted by Crippen LogP contribution is -2.37. The Hall–Kier alpha value is -0.930. The monoisotopic (exact) mass is 434 g/mol. The van der Waals surface area contributed by atoms with E-state index in [9.17, 15) is 8.42 Å². The third kappa shape index (κ3) is 3.25. The Morgan fingerprint density at radius 1 is 1.25 bits per heavy atom. The Morgan fingerprint density at radius 2 is 1.88 bits per heavy atom. The molecule has 0 aromatic heterocycles. The first-order chi connectivity index (χ1) is 11.4. The molecule has 0 bridgehead atoms. The highest BCUT2D eigenvalue weighted by Gasteiger charge is 2.49. The van der Waals surface area contributed by atoms with Crippen LogP contribution in [0.5, 0.6) is 11.5 Å². The molecule has 0 amide bonds. The van der Waals surface area contributed by atoms with Gasteiger partial charge in [0.15, 0.2) is 26.5 Å². The van der Waals surface area contributed by atoms with Crippen LogP contribution in [0.2, 0.25) is 0 Å². The number of anilines is 1. The highest BCUT2D eigenvalue weighted by atomic mass is 79.9. The van der Waals surface area contributed by atoms with Crippen LogP contribution in [0.3, 0.4) is 0 Å². The third-order valence-electron chi connectivity index (χ3n) is 3.96. The third-order valence-corrected chi connectivity index (χ3v) is 7.72. The van der Waals surface area contributed by atoms with Gasteiger partial charge in [-0.25, -0.2) is 8.42 Å². The molecule has 0 unspecified atom stereocenters. The highest BCUT2D eigenvalue weighted by Crippen LogP contribution is 2.45. The first-order valence-corrected chi connectivity index (χ1v) is 11.2. The topological polar surface area (TPSA) is 79.7 Å². The standard InChI is InChI=1S/C15H19BrN2O4S2/c1-3-21-12-5-9(16)10(6-13(12)22-4-2)18-11-7-24(19,20)8-14(11)23-15(18)17/h5-6,11,14,17H,3-4,7-8H2,1-2H3/t11-,14+/m1/s1. The zero-order chi connectivity index (χ0) is 17.5. The Balaban J connectivity index is 2.01. The minimum Gasteiger partial charge on any atom is -0.490 e. The van der Waals surface area contributed by atoms with Gasteiger partial charge >= 0.3 is 0 Å². The minimum absolute atomic E-state index is 0.0800. The van der Waals surface area contributed by atoms with Gasteiger partial charge in [-0.2, -0.15) is 0 Å². The zero-order valence-corrected chi connectivity index (χ0v) is 16.6. The van der Waals surface area contributed by atoms with E-state index in [1.165, 1.54) is 11.8 Å². The summed E-state index contributed by atoms with van der Waals surface area (Å²) in [4.78, 5) is 1.79. The second-order valence-electron chi connectivity index (χ2n) is 5.59. The van der Waals surface area contributed by atoms with Gasteiger partial charge in [0.25, 0.3) is 0 Å². The van der Waals surface area contributed by atoms with Crippen LogP contribution in [-0.2, 0) is 9.84 Å². The van der Waals surface area contributed by atoms with Gasteiger partial charge in [-0.1, -0.05) is 11.8 Å². The summed E-state index contributed by atoms with van der Waals surface area (Å²) < 4.78 is 35.9. The molecule has 2 heterocycles. The number of nitrogens with one attached hydrogen (secondary N) is 1. The number of hydrogen-bond acceptors (Lipinski definition) is 6. The number of hydrogen-bond donors (Lipinski definition) is 1. The summed E-state index contributed by atoms with van der Waals surface area (Å²) in [6.45, 7) is 4.81. The molecule has 0 spiro atoms. The van der Waals surface area contributed by atoms with Crippen molar-refractivity contribution in [2.24, 2.45) is 0 Å². The minimum atomic E-state index is -3.05. The number of fused-ring (bicyclic) bond motifs is 1. The molecule has 0 radical (unpaired) electrons. The molecule has 2 fully saturated rings. The molecule has 9 heteroatoms. The van der Waals surface area contributed by atoms with Gasteiger partial charge in [0.2, 0.25) is 0 Å². The molecular weight excluding hydrogens is 416 g/mol. The Labute approximate surface area is 154 Å². The van der Waals surface area contributed by atoms with Gasteiger partial charge in [0.1, 0.15) is 0 Å². The van der Waals surface area contributed by atoms with Gasteiger partial charge in [-0.3, -0.25) is 5.41 Å². The molecule has 0 aliphatic carbocycles. The van der Waals surface area contributed by atoms with E-state index in [1.54, 1.807) is 4.90 Å². The summed E-state index contributed by atoms with van der Waals surface area (Å²) in [5.74, 6) is 1.44. The predicted molar refractivity (Wildman–Crippen MR) is 101 cm³/mol. The molecule has 3 rings (SSSR count). The van der Waals surface area contributed by atoms with E-state index in [-0.39, 0.29) is 22.8 Å². The van der Waals surface area contributed by atoms with Crippen molar-refractivity contribution in [2.75, 3.05) is 29.6 Å². The van der Waals surface area contributed by atoms with E-state index < -0.39 is 9.84 Å². The largest absolute Gasteiger partial charge is 0.490 e.